The van der Waals surface area contributed by atoms with Gasteiger partial charge in [-0.2, -0.15) is 0 Å². The Morgan fingerprint density at radius 3 is 2.71 bits per heavy atom. The van der Waals surface area contributed by atoms with Crippen LogP contribution in [-0.2, 0) is 0 Å². The van der Waals surface area contributed by atoms with E-state index in [0.29, 0.717) is 5.92 Å². The van der Waals surface area contributed by atoms with Crippen molar-refractivity contribution in [3.8, 4) is 0 Å². The summed E-state index contributed by atoms with van der Waals surface area (Å²) in [5.41, 5.74) is 2.95. The number of nitrogens with zero attached hydrogens (tertiary/aromatic N) is 3. The van der Waals surface area contributed by atoms with Crippen molar-refractivity contribution in [3.63, 3.8) is 0 Å². The number of hydrogen-bond acceptors (Lipinski definition) is 3. The molecular weight excluding hydrogens is 282 g/mol. The summed E-state index contributed by atoms with van der Waals surface area (Å²) in [6.07, 6.45) is 0. The summed E-state index contributed by atoms with van der Waals surface area (Å²) in [4.78, 5) is 0. The van der Waals surface area contributed by atoms with Crippen LogP contribution in [0.2, 0.25) is 0 Å². The van der Waals surface area contributed by atoms with Gasteiger partial charge in [-0.05, 0) is 30.5 Å². The van der Waals surface area contributed by atoms with Crippen LogP contribution in [-0.4, -0.2) is 26.7 Å². The molecule has 0 aliphatic carbocycles. The van der Waals surface area contributed by atoms with Crippen LogP contribution in [0.15, 0.2) is 16.6 Å². The second kappa shape index (κ2) is 4.74. The van der Waals surface area contributed by atoms with E-state index in [-0.39, 0.29) is 12.6 Å². The first kappa shape index (κ1) is 12.5. The predicted octanol–water partition coefficient (Wildman–Crippen LogP) is 2.69. The number of aromatic nitrogens is 3. The van der Waals surface area contributed by atoms with Gasteiger partial charge in [0.1, 0.15) is 5.52 Å². The highest BCUT2D eigenvalue weighted by atomic mass is 79.9. The normalized spacial score (nSPS) is 13.5. The Morgan fingerprint density at radius 1 is 1.41 bits per heavy atom. The monoisotopic (exact) mass is 297 g/mol. The fourth-order valence-electron chi connectivity index (χ4n) is 1.88. The lowest BCUT2D eigenvalue weighted by Crippen LogP contribution is -2.20. The molecule has 0 amide bonds. The van der Waals surface area contributed by atoms with Crippen molar-refractivity contribution in [2.24, 2.45) is 5.92 Å². The minimum absolute atomic E-state index is 0.0328. The lowest BCUT2D eigenvalue weighted by molar-refractivity contribution is 0.184. The van der Waals surface area contributed by atoms with Gasteiger partial charge in [-0.3, -0.25) is 0 Å². The molecule has 0 bridgehead atoms. The summed E-state index contributed by atoms with van der Waals surface area (Å²) in [5, 5.41) is 17.8. The van der Waals surface area contributed by atoms with Gasteiger partial charge in [-0.15, -0.1) is 5.10 Å². The van der Waals surface area contributed by atoms with E-state index in [9.17, 15) is 5.11 Å². The van der Waals surface area contributed by atoms with E-state index in [4.69, 9.17) is 0 Å². The van der Waals surface area contributed by atoms with Gasteiger partial charge in [-0.25, -0.2) is 4.68 Å². The van der Waals surface area contributed by atoms with Gasteiger partial charge >= 0.3 is 0 Å². The molecule has 0 fully saturated rings. The number of fused-ring (bicyclic) bond motifs is 1. The summed E-state index contributed by atoms with van der Waals surface area (Å²) >= 11 is 3.51. The highest BCUT2D eigenvalue weighted by Gasteiger charge is 2.18. The van der Waals surface area contributed by atoms with Gasteiger partial charge in [0.05, 0.1) is 18.2 Å². The second-order valence-corrected chi connectivity index (χ2v) is 5.47. The summed E-state index contributed by atoms with van der Waals surface area (Å²) in [5.74, 6) is 0.310. The Bertz CT molecular complexity index is 536. The van der Waals surface area contributed by atoms with Gasteiger partial charge in [-0.1, -0.05) is 35.0 Å². The molecule has 1 N–H and O–H groups in total. The molecule has 0 saturated carbocycles. The van der Waals surface area contributed by atoms with E-state index in [1.807, 2.05) is 23.7 Å². The van der Waals surface area contributed by atoms with Crippen LogP contribution in [0.4, 0.5) is 0 Å². The van der Waals surface area contributed by atoms with Gasteiger partial charge in [0, 0.05) is 4.47 Å². The molecular formula is C12H16BrN3O. The molecule has 1 aromatic heterocycles. The molecule has 2 rings (SSSR count). The standard InChI is InChI=1S/C12H16BrN3O/c1-7(2)12(6-17)16-11-5-9(13)8(3)4-10(11)14-15-16/h4-5,7,12,17H,6H2,1-3H3. The number of hydrogen-bond donors (Lipinski definition) is 1. The zero-order chi connectivity index (χ0) is 12.6. The smallest absolute Gasteiger partial charge is 0.113 e. The third kappa shape index (κ3) is 2.21. The minimum Gasteiger partial charge on any atom is -0.394 e. The Labute approximate surface area is 109 Å². The molecule has 0 radical (unpaired) electrons. The first-order valence-corrected chi connectivity index (χ1v) is 6.45. The van der Waals surface area contributed by atoms with Crippen LogP contribution < -0.4 is 0 Å². The largest absolute Gasteiger partial charge is 0.394 e. The van der Waals surface area contributed by atoms with Crippen molar-refractivity contribution in [3.05, 3.63) is 22.2 Å². The molecule has 1 aromatic carbocycles. The van der Waals surface area contributed by atoms with Crippen LogP contribution in [0.5, 0.6) is 0 Å². The van der Waals surface area contributed by atoms with Crippen molar-refractivity contribution in [1.82, 2.24) is 15.0 Å². The average Bonchev–Trinajstić information content (AvgIpc) is 2.63. The number of benzene rings is 1. The fraction of sp³-hybridized carbons (Fsp3) is 0.500. The van der Waals surface area contributed by atoms with Gasteiger partial charge < -0.3 is 5.11 Å². The summed E-state index contributed by atoms with van der Waals surface area (Å²) < 4.78 is 2.85. The van der Waals surface area contributed by atoms with Crippen LogP contribution in [0.25, 0.3) is 11.0 Å². The number of halogens is 1. The van der Waals surface area contributed by atoms with E-state index in [0.717, 1.165) is 21.1 Å². The Balaban J connectivity index is 2.59. The third-order valence-corrected chi connectivity index (χ3v) is 3.88. The minimum atomic E-state index is -0.0328. The predicted molar refractivity (Wildman–Crippen MR) is 70.9 cm³/mol. The van der Waals surface area contributed by atoms with E-state index in [2.05, 4.69) is 40.1 Å². The van der Waals surface area contributed by atoms with Crippen molar-refractivity contribution in [2.75, 3.05) is 6.61 Å². The van der Waals surface area contributed by atoms with E-state index >= 15 is 0 Å². The molecule has 5 heteroatoms. The lowest BCUT2D eigenvalue weighted by Gasteiger charge is -2.18. The molecule has 0 spiro atoms. The van der Waals surface area contributed by atoms with Crippen LogP contribution in [0.3, 0.4) is 0 Å². The number of rotatable bonds is 3. The molecule has 0 aliphatic rings. The van der Waals surface area contributed by atoms with Gasteiger partial charge in [0.2, 0.25) is 0 Å². The lowest BCUT2D eigenvalue weighted by atomic mass is 10.1. The van der Waals surface area contributed by atoms with E-state index in [1.54, 1.807) is 0 Å². The van der Waals surface area contributed by atoms with Crippen molar-refractivity contribution in [1.29, 1.82) is 0 Å². The average molecular weight is 298 g/mol. The SMILES string of the molecule is Cc1cc2nnn(C(CO)C(C)C)c2cc1Br. The Morgan fingerprint density at radius 2 is 2.12 bits per heavy atom. The highest BCUT2D eigenvalue weighted by Crippen LogP contribution is 2.26. The summed E-state index contributed by atoms with van der Waals surface area (Å²) in [6.45, 7) is 6.23. The molecule has 1 heterocycles. The van der Waals surface area contributed by atoms with Crippen molar-refractivity contribution in [2.45, 2.75) is 26.8 Å². The quantitative estimate of drug-likeness (QED) is 0.948. The van der Waals surface area contributed by atoms with Gasteiger partial charge in [0.25, 0.3) is 0 Å². The zero-order valence-corrected chi connectivity index (χ0v) is 11.8. The summed E-state index contributed by atoms with van der Waals surface area (Å²) in [6, 6.07) is 3.97. The molecule has 1 unspecified atom stereocenters. The zero-order valence-electron chi connectivity index (χ0n) is 10.2. The van der Waals surface area contributed by atoms with Crippen LogP contribution >= 0.6 is 15.9 Å². The summed E-state index contributed by atoms with van der Waals surface area (Å²) in [7, 11) is 0. The fourth-order valence-corrected chi connectivity index (χ4v) is 2.21. The Hall–Kier alpha value is -0.940. The second-order valence-electron chi connectivity index (χ2n) is 4.62. The number of aliphatic hydroxyl groups excluding tert-OH is 1. The van der Waals surface area contributed by atoms with E-state index < -0.39 is 0 Å². The maximum Gasteiger partial charge on any atom is 0.113 e. The topological polar surface area (TPSA) is 50.9 Å². The Kier molecular flexibility index (Phi) is 3.49. The van der Waals surface area contributed by atoms with Crippen molar-refractivity contribution >= 4 is 27.0 Å². The molecule has 92 valence electrons. The molecule has 0 aliphatic heterocycles. The van der Waals surface area contributed by atoms with Crippen LogP contribution in [0.1, 0.15) is 25.5 Å². The molecule has 0 saturated heterocycles. The van der Waals surface area contributed by atoms with Crippen molar-refractivity contribution < 1.29 is 5.11 Å². The van der Waals surface area contributed by atoms with E-state index in [1.165, 1.54) is 0 Å². The first-order chi connectivity index (χ1) is 8.04. The molecule has 4 nitrogen and oxygen atoms in total. The molecule has 1 atom stereocenters. The number of aryl methyl sites for hydroxylation is 1. The maximum absolute atomic E-state index is 9.45. The first-order valence-electron chi connectivity index (χ1n) is 5.66. The maximum atomic E-state index is 9.45. The number of aliphatic hydroxyl groups is 1. The highest BCUT2D eigenvalue weighted by molar-refractivity contribution is 9.10. The molecule has 17 heavy (non-hydrogen) atoms. The molecule has 2 aromatic rings. The third-order valence-electron chi connectivity index (χ3n) is 3.02. The van der Waals surface area contributed by atoms with Crippen LogP contribution in [0, 0.1) is 12.8 Å². The van der Waals surface area contributed by atoms with Gasteiger partial charge in [0.15, 0.2) is 0 Å².